The molecule has 0 aliphatic carbocycles. The molecule has 0 amide bonds. The van der Waals surface area contributed by atoms with Gasteiger partial charge >= 0.3 is 6.18 Å². The summed E-state index contributed by atoms with van der Waals surface area (Å²) in [5.41, 5.74) is -1.12. The Morgan fingerprint density at radius 2 is 2.06 bits per heavy atom. The average Bonchev–Trinajstić information content (AvgIpc) is 2.25. The minimum absolute atomic E-state index is 0.0848. The highest BCUT2D eigenvalue weighted by Gasteiger charge is 2.36. The lowest BCUT2D eigenvalue weighted by Gasteiger charge is -2.16. The van der Waals surface area contributed by atoms with Gasteiger partial charge in [0.15, 0.2) is 0 Å². The quantitative estimate of drug-likeness (QED) is 0.701. The second-order valence-corrected chi connectivity index (χ2v) is 3.40. The predicted molar refractivity (Wildman–Crippen MR) is 54.8 cm³/mol. The van der Waals surface area contributed by atoms with Crippen LogP contribution >= 0.6 is 0 Å². The monoisotopic (exact) mass is 225 g/mol. The lowest BCUT2D eigenvalue weighted by Crippen LogP contribution is -2.12. The second kappa shape index (κ2) is 4.40. The first kappa shape index (κ1) is 12.3. The van der Waals surface area contributed by atoms with Gasteiger partial charge in [0.25, 0.3) is 0 Å². The van der Waals surface area contributed by atoms with Gasteiger partial charge in [0.1, 0.15) is 0 Å². The van der Waals surface area contributed by atoms with Gasteiger partial charge in [0.05, 0.1) is 17.2 Å². The highest BCUT2D eigenvalue weighted by Crippen LogP contribution is 2.37. The Labute approximate surface area is 91.8 Å². The van der Waals surface area contributed by atoms with Crippen LogP contribution in [-0.2, 0) is 6.18 Å². The van der Waals surface area contributed by atoms with Crippen molar-refractivity contribution in [2.45, 2.75) is 19.0 Å². The number of nitrogens with zero attached hydrogens (tertiary/aromatic N) is 1. The van der Waals surface area contributed by atoms with Crippen LogP contribution in [0.15, 0.2) is 30.9 Å². The molecule has 1 atom stereocenters. The SMILES string of the molecule is C=CC(C)c1cccc(C#N)c1C(F)(F)F. The molecule has 1 aromatic rings. The topological polar surface area (TPSA) is 23.8 Å². The van der Waals surface area contributed by atoms with E-state index < -0.39 is 17.7 Å². The number of nitriles is 1. The summed E-state index contributed by atoms with van der Waals surface area (Å²) in [6.45, 7) is 5.08. The van der Waals surface area contributed by atoms with Gasteiger partial charge in [0.2, 0.25) is 0 Å². The summed E-state index contributed by atoms with van der Waals surface area (Å²) in [7, 11) is 0. The molecule has 0 fully saturated rings. The molecular formula is C12H10F3N. The zero-order valence-electron chi connectivity index (χ0n) is 8.67. The van der Waals surface area contributed by atoms with Crippen LogP contribution < -0.4 is 0 Å². The van der Waals surface area contributed by atoms with Gasteiger partial charge in [0, 0.05) is 0 Å². The molecule has 0 saturated heterocycles. The first-order valence-electron chi connectivity index (χ1n) is 4.64. The van der Waals surface area contributed by atoms with Crippen molar-refractivity contribution in [2.75, 3.05) is 0 Å². The fourth-order valence-electron chi connectivity index (χ4n) is 1.49. The van der Waals surface area contributed by atoms with Crippen molar-refractivity contribution in [2.24, 2.45) is 0 Å². The van der Waals surface area contributed by atoms with Gasteiger partial charge in [-0.05, 0) is 17.5 Å². The van der Waals surface area contributed by atoms with E-state index in [1.165, 1.54) is 24.3 Å². The fourth-order valence-corrected chi connectivity index (χ4v) is 1.49. The molecule has 1 aromatic carbocycles. The highest BCUT2D eigenvalue weighted by molar-refractivity contribution is 5.46. The van der Waals surface area contributed by atoms with Gasteiger partial charge in [-0.1, -0.05) is 25.1 Å². The Bertz CT molecular complexity index is 441. The Hall–Kier alpha value is -1.76. The summed E-state index contributed by atoms with van der Waals surface area (Å²) in [5.74, 6) is -0.440. The third-order valence-electron chi connectivity index (χ3n) is 2.34. The Kier molecular flexibility index (Phi) is 3.38. The molecule has 1 rings (SSSR count). The van der Waals surface area contributed by atoms with Crippen molar-refractivity contribution in [3.05, 3.63) is 47.5 Å². The normalized spacial score (nSPS) is 12.9. The van der Waals surface area contributed by atoms with Crippen LogP contribution in [0.3, 0.4) is 0 Å². The molecule has 0 aliphatic rings. The van der Waals surface area contributed by atoms with Crippen molar-refractivity contribution >= 4 is 0 Å². The molecule has 1 nitrogen and oxygen atoms in total. The molecule has 84 valence electrons. The van der Waals surface area contributed by atoms with E-state index in [4.69, 9.17) is 5.26 Å². The number of hydrogen-bond acceptors (Lipinski definition) is 1. The van der Waals surface area contributed by atoms with E-state index in [0.29, 0.717) is 0 Å². The third-order valence-corrected chi connectivity index (χ3v) is 2.34. The molecule has 0 bridgehead atoms. The third kappa shape index (κ3) is 2.25. The number of halogens is 3. The van der Waals surface area contributed by atoms with E-state index in [2.05, 4.69) is 6.58 Å². The molecule has 0 saturated carbocycles. The van der Waals surface area contributed by atoms with E-state index in [1.54, 1.807) is 13.0 Å². The Morgan fingerprint density at radius 1 is 1.44 bits per heavy atom. The maximum Gasteiger partial charge on any atom is 0.417 e. The molecule has 0 heterocycles. The minimum Gasteiger partial charge on any atom is -0.192 e. The van der Waals surface area contributed by atoms with E-state index in [1.807, 2.05) is 0 Å². The zero-order valence-corrected chi connectivity index (χ0v) is 8.67. The number of hydrogen-bond donors (Lipinski definition) is 0. The van der Waals surface area contributed by atoms with Crippen LogP contribution in [0.4, 0.5) is 13.2 Å². The summed E-state index contributed by atoms with van der Waals surface area (Å²) in [6.07, 6.45) is -3.09. The predicted octanol–water partition coefficient (Wildman–Crippen LogP) is 3.87. The Balaban J connectivity index is 3.51. The summed E-state index contributed by atoms with van der Waals surface area (Å²) < 4.78 is 38.4. The summed E-state index contributed by atoms with van der Waals surface area (Å²) in [5, 5.41) is 8.68. The molecule has 0 radical (unpaired) electrons. The number of allylic oxidation sites excluding steroid dienone is 1. The molecule has 0 aliphatic heterocycles. The summed E-state index contributed by atoms with van der Waals surface area (Å²) in [6, 6.07) is 5.55. The number of rotatable bonds is 2. The molecular weight excluding hydrogens is 215 g/mol. The standard InChI is InChI=1S/C12H10F3N/c1-3-8(2)10-6-4-5-9(7-16)11(10)12(13,14)15/h3-6,8H,1H2,2H3. The van der Waals surface area contributed by atoms with Crippen molar-refractivity contribution in [1.82, 2.24) is 0 Å². The van der Waals surface area contributed by atoms with Gasteiger partial charge < -0.3 is 0 Å². The fraction of sp³-hybridized carbons (Fsp3) is 0.250. The smallest absolute Gasteiger partial charge is 0.192 e. The molecule has 1 unspecified atom stereocenters. The summed E-state index contributed by atoms with van der Waals surface area (Å²) >= 11 is 0. The van der Waals surface area contributed by atoms with Gasteiger partial charge in [-0.25, -0.2) is 0 Å². The van der Waals surface area contributed by atoms with E-state index >= 15 is 0 Å². The van der Waals surface area contributed by atoms with Crippen LogP contribution in [-0.4, -0.2) is 0 Å². The molecule has 0 aromatic heterocycles. The van der Waals surface area contributed by atoms with Crippen LogP contribution in [0.2, 0.25) is 0 Å². The average molecular weight is 225 g/mol. The van der Waals surface area contributed by atoms with Gasteiger partial charge in [-0.15, -0.1) is 6.58 Å². The lowest BCUT2D eigenvalue weighted by molar-refractivity contribution is -0.138. The van der Waals surface area contributed by atoms with Crippen LogP contribution in [0, 0.1) is 11.3 Å². The maximum atomic E-state index is 12.8. The van der Waals surface area contributed by atoms with Gasteiger partial charge in [-0.2, -0.15) is 18.4 Å². The molecule has 0 spiro atoms. The largest absolute Gasteiger partial charge is 0.417 e. The highest BCUT2D eigenvalue weighted by atomic mass is 19.4. The van der Waals surface area contributed by atoms with Crippen LogP contribution in [0.25, 0.3) is 0 Å². The first-order chi connectivity index (χ1) is 7.41. The van der Waals surface area contributed by atoms with Crippen molar-refractivity contribution in [3.63, 3.8) is 0 Å². The first-order valence-corrected chi connectivity index (χ1v) is 4.64. The lowest BCUT2D eigenvalue weighted by atomic mass is 9.92. The molecule has 16 heavy (non-hydrogen) atoms. The van der Waals surface area contributed by atoms with E-state index in [-0.39, 0.29) is 11.1 Å². The Morgan fingerprint density at radius 3 is 2.50 bits per heavy atom. The summed E-state index contributed by atoms with van der Waals surface area (Å²) in [4.78, 5) is 0. The van der Waals surface area contributed by atoms with Crippen molar-refractivity contribution in [1.29, 1.82) is 5.26 Å². The van der Waals surface area contributed by atoms with Crippen LogP contribution in [0.1, 0.15) is 29.5 Å². The number of benzene rings is 1. The van der Waals surface area contributed by atoms with E-state index in [9.17, 15) is 13.2 Å². The van der Waals surface area contributed by atoms with Crippen molar-refractivity contribution in [3.8, 4) is 6.07 Å². The van der Waals surface area contributed by atoms with Gasteiger partial charge in [-0.3, -0.25) is 0 Å². The van der Waals surface area contributed by atoms with E-state index in [0.717, 1.165) is 0 Å². The van der Waals surface area contributed by atoms with Crippen molar-refractivity contribution < 1.29 is 13.2 Å². The van der Waals surface area contributed by atoms with Crippen LogP contribution in [0.5, 0.6) is 0 Å². The zero-order chi connectivity index (χ0) is 12.3. The number of alkyl halides is 3. The minimum atomic E-state index is -4.51. The molecule has 4 heteroatoms. The second-order valence-electron chi connectivity index (χ2n) is 3.40. The maximum absolute atomic E-state index is 12.8. The molecule has 0 N–H and O–H groups in total.